The van der Waals surface area contributed by atoms with Crippen molar-refractivity contribution in [3.63, 3.8) is 0 Å². The molecule has 0 radical (unpaired) electrons. The standard InChI is InChI=1S/C33H32N6O2S/c34-21-23-9-11-29-28(18-23)24(22-36-29)6-4-5-13-37-14-16-38(17-15-37)27-10-12-30-25(19-27)20-31(41-30)32(40)39(33(35)42)26-7-2-1-3-8-26/h1-3,7-12,18-20,22,36H,4-6,13-17H2,(H2,35,42). The lowest BCUT2D eigenvalue weighted by molar-refractivity contribution is 0.0978. The molecule has 0 unspecified atom stereocenters. The van der Waals surface area contributed by atoms with Crippen LogP contribution < -0.4 is 15.5 Å². The van der Waals surface area contributed by atoms with Crippen molar-refractivity contribution in [3.8, 4) is 6.07 Å². The van der Waals surface area contributed by atoms with E-state index in [1.165, 1.54) is 10.5 Å². The number of anilines is 2. The van der Waals surface area contributed by atoms with Gasteiger partial charge in [-0.25, -0.2) is 0 Å². The Kier molecular flexibility index (Phi) is 7.91. The number of fused-ring (bicyclic) bond motifs is 2. The monoisotopic (exact) mass is 576 g/mol. The van der Waals surface area contributed by atoms with Gasteiger partial charge in [0.15, 0.2) is 10.9 Å². The van der Waals surface area contributed by atoms with Crippen LogP contribution in [0.3, 0.4) is 0 Å². The summed E-state index contributed by atoms with van der Waals surface area (Å²) < 4.78 is 5.91. The van der Waals surface area contributed by atoms with Gasteiger partial charge in [-0.3, -0.25) is 14.6 Å². The second-order valence-corrected chi connectivity index (χ2v) is 11.0. The molecule has 1 saturated heterocycles. The fourth-order valence-electron chi connectivity index (χ4n) is 5.70. The van der Waals surface area contributed by atoms with Crippen LogP contribution in [0.25, 0.3) is 21.9 Å². The molecule has 212 valence electrons. The number of furan rings is 1. The minimum atomic E-state index is -0.392. The Morgan fingerprint density at radius 1 is 1.02 bits per heavy atom. The van der Waals surface area contributed by atoms with Gasteiger partial charge in [-0.2, -0.15) is 5.26 Å². The van der Waals surface area contributed by atoms with Crippen LogP contribution in [0, 0.1) is 11.3 Å². The molecule has 3 aromatic carbocycles. The first-order valence-electron chi connectivity index (χ1n) is 14.2. The van der Waals surface area contributed by atoms with Crippen molar-refractivity contribution < 1.29 is 9.21 Å². The van der Waals surface area contributed by atoms with Crippen molar-refractivity contribution in [2.75, 3.05) is 42.5 Å². The summed E-state index contributed by atoms with van der Waals surface area (Å²) >= 11 is 5.17. The van der Waals surface area contributed by atoms with Crippen molar-refractivity contribution in [1.82, 2.24) is 9.88 Å². The highest BCUT2D eigenvalue weighted by Crippen LogP contribution is 2.28. The number of benzene rings is 3. The van der Waals surface area contributed by atoms with E-state index >= 15 is 0 Å². The fourth-order valence-corrected chi connectivity index (χ4v) is 5.89. The second kappa shape index (κ2) is 12.1. The largest absolute Gasteiger partial charge is 0.451 e. The number of nitrogens with one attached hydrogen (secondary N) is 1. The lowest BCUT2D eigenvalue weighted by Crippen LogP contribution is -2.46. The van der Waals surface area contributed by atoms with E-state index in [1.54, 1.807) is 18.2 Å². The number of nitrogens with zero attached hydrogens (tertiary/aromatic N) is 4. The molecule has 3 heterocycles. The predicted molar refractivity (Wildman–Crippen MR) is 171 cm³/mol. The van der Waals surface area contributed by atoms with Crippen molar-refractivity contribution in [2.24, 2.45) is 5.73 Å². The smallest absolute Gasteiger partial charge is 0.300 e. The molecule has 42 heavy (non-hydrogen) atoms. The van der Waals surface area contributed by atoms with E-state index in [2.05, 4.69) is 39.2 Å². The first-order chi connectivity index (χ1) is 20.5. The Bertz CT molecular complexity index is 1780. The average Bonchev–Trinajstić information content (AvgIpc) is 3.63. The predicted octanol–water partition coefficient (Wildman–Crippen LogP) is 5.82. The van der Waals surface area contributed by atoms with E-state index in [-0.39, 0.29) is 10.9 Å². The third kappa shape index (κ3) is 5.73. The lowest BCUT2D eigenvalue weighted by Gasteiger charge is -2.36. The molecule has 0 aliphatic carbocycles. The van der Waals surface area contributed by atoms with E-state index < -0.39 is 5.91 Å². The molecule has 0 spiro atoms. The summed E-state index contributed by atoms with van der Waals surface area (Å²) in [5.41, 5.74) is 11.3. The molecule has 9 heteroatoms. The second-order valence-electron chi connectivity index (χ2n) is 10.6. The molecular formula is C33H32N6O2S. The fraction of sp³-hybridized carbons (Fsp3) is 0.242. The summed E-state index contributed by atoms with van der Waals surface area (Å²) in [6.07, 6.45) is 5.32. The maximum atomic E-state index is 13.3. The number of nitrogens with two attached hydrogens (primary N) is 1. The molecule has 1 fully saturated rings. The molecule has 0 saturated carbocycles. The first-order valence-corrected chi connectivity index (χ1v) is 14.6. The lowest BCUT2D eigenvalue weighted by atomic mass is 10.1. The molecule has 8 nitrogen and oxygen atoms in total. The van der Waals surface area contributed by atoms with Crippen LogP contribution in [0.5, 0.6) is 0 Å². The maximum absolute atomic E-state index is 13.3. The molecule has 1 amide bonds. The molecule has 2 aromatic heterocycles. The summed E-state index contributed by atoms with van der Waals surface area (Å²) in [6, 6.07) is 25.0. The van der Waals surface area contributed by atoms with E-state index in [0.29, 0.717) is 16.8 Å². The number of unbranched alkanes of at least 4 members (excludes halogenated alkanes) is 1. The van der Waals surface area contributed by atoms with E-state index in [0.717, 1.165) is 74.0 Å². The molecular weight excluding hydrogens is 544 g/mol. The van der Waals surface area contributed by atoms with Gasteiger partial charge in [-0.1, -0.05) is 18.2 Å². The van der Waals surface area contributed by atoms with Gasteiger partial charge in [0.25, 0.3) is 5.91 Å². The van der Waals surface area contributed by atoms with Gasteiger partial charge in [0.2, 0.25) is 0 Å². The van der Waals surface area contributed by atoms with Gasteiger partial charge >= 0.3 is 0 Å². The highest BCUT2D eigenvalue weighted by molar-refractivity contribution is 7.80. The molecule has 0 bridgehead atoms. The number of aromatic nitrogens is 1. The molecule has 0 atom stereocenters. The van der Waals surface area contributed by atoms with Crippen molar-refractivity contribution in [2.45, 2.75) is 19.3 Å². The van der Waals surface area contributed by atoms with Crippen molar-refractivity contribution in [1.29, 1.82) is 5.26 Å². The average molecular weight is 577 g/mol. The van der Waals surface area contributed by atoms with Crippen LogP contribution in [0.4, 0.5) is 11.4 Å². The van der Waals surface area contributed by atoms with Gasteiger partial charge in [-0.05, 0) is 98.2 Å². The Hall–Kier alpha value is -4.65. The molecule has 6 rings (SSSR count). The zero-order valence-corrected chi connectivity index (χ0v) is 24.1. The molecule has 5 aromatic rings. The molecule has 3 N–H and O–H groups in total. The number of carbonyl (C=O) groups is 1. The Balaban J connectivity index is 1.03. The van der Waals surface area contributed by atoms with Gasteiger partial charge in [0.05, 0.1) is 17.3 Å². The van der Waals surface area contributed by atoms with Gasteiger partial charge in [-0.15, -0.1) is 0 Å². The van der Waals surface area contributed by atoms with Crippen LogP contribution in [-0.4, -0.2) is 53.6 Å². The summed E-state index contributed by atoms with van der Waals surface area (Å²) in [4.78, 5) is 22.8. The summed E-state index contributed by atoms with van der Waals surface area (Å²) in [5.74, 6) is -0.196. The topological polar surface area (TPSA) is 106 Å². The third-order valence-corrected chi connectivity index (χ3v) is 8.14. The normalized spacial score (nSPS) is 13.8. The maximum Gasteiger partial charge on any atom is 0.300 e. The first kappa shape index (κ1) is 27.5. The van der Waals surface area contributed by atoms with E-state index in [1.807, 2.05) is 42.5 Å². The SMILES string of the molecule is N#Cc1ccc2[nH]cc(CCCCN3CCN(c4ccc5oc(C(=O)N(C(N)=S)c6ccccc6)cc5c4)CC3)c2c1. The summed E-state index contributed by atoms with van der Waals surface area (Å²) in [6.45, 7) is 4.97. The van der Waals surface area contributed by atoms with Gasteiger partial charge in [0, 0.05) is 54.4 Å². The minimum Gasteiger partial charge on any atom is -0.451 e. The van der Waals surface area contributed by atoms with Crippen LogP contribution in [0.15, 0.2) is 83.4 Å². The molecule has 1 aliphatic rings. The number of hydrogen-bond acceptors (Lipinski definition) is 6. The Labute approximate surface area is 249 Å². The Morgan fingerprint density at radius 3 is 2.60 bits per heavy atom. The van der Waals surface area contributed by atoms with Gasteiger partial charge < -0.3 is 20.0 Å². The minimum absolute atomic E-state index is 0.0302. The van der Waals surface area contributed by atoms with Crippen molar-refractivity contribution in [3.05, 3.63) is 95.9 Å². The summed E-state index contributed by atoms with van der Waals surface area (Å²) in [7, 11) is 0. The van der Waals surface area contributed by atoms with Crippen molar-refractivity contribution >= 4 is 56.5 Å². The number of hydrogen-bond donors (Lipinski definition) is 2. The quantitative estimate of drug-likeness (QED) is 0.177. The van der Waals surface area contributed by atoms with Crippen LogP contribution in [0.2, 0.25) is 0 Å². The number of aryl methyl sites for hydroxylation is 1. The summed E-state index contributed by atoms with van der Waals surface area (Å²) in [5, 5.41) is 11.2. The van der Waals surface area contributed by atoms with Crippen LogP contribution in [0.1, 0.15) is 34.5 Å². The molecule has 1 aliphatic heterocycles. The number of aromatic amines is 1. The third-order valence-electron chi connectivity index (χ3n) is 7.95. The number of amides is 1. The number of carbonyl (C=O) groups excluding carboxylic acids is 1. The zero-order chi connectivity index (χ0) is 29.1. The highest BCUT2D eigenvalue weighted by atomic mass is 32.1. The number of H-pyrrole nitrogens is 1. The number of piperazine rings is 1. The Morgan fingerprint density at radius 2 is 1.83 bits per heavy atom. The number of rotatable bonds is 8. The number of para-hydroxylation sites is 1. The number of thiocarbonyl (C=S) groups is 1. The van der Waals surface area contributed by atoms with Crippen LogP contribution >= 0.6 is 12.2 Å². The zero-order valence-electron chi connectivity index (χ0n) is 23.3. The van der Waals surface area contributed by atoms with Gasteiger partial charge in [0.1, 0.15) is 5.58 Å². The highest BCUT2D eigenvalue weighted by Gasteiger charge is 2.24. The van der Waals surface area contributed by atoms with Crippen LogP contribution in [-0.2, 0) is 6.42 Å². The number of nitriles is 1. The van der Waals surface area contributed by atoms with E-state index in [4.69, 9.17) is 22.4 Å². The van der Waals surface area contributed by atoms with E-state index in [9.17, 15) is 10.1 Å².